The molecule has 0 radical (unpaired) electrons. The van der Waals surface area contributed by atoms with Crippen molar-refractivity contribution in [2.75, 3.05) is 0 Å². The van der Waals surface area contributed by atoms with Crippen LogP contribution >= 0.6 is 0 Å². The maximum atomic E-state index is 11.7. The van der Waals surface area contributed by atoms with Crippen molar-refractivity contribution in [3.63, 3.8) is 0 Å². The molecule has 6 heteroatoms. The van der Waals surface area contributed by atoms with Gasteiger partial charge in [0, 0.05) is 5.41 Å². The molecule has 1 aromatic rings. The Balaban J connectivity index is 2.78. The van der Waals surface area contributed by atoms with Crippen LogP contribution in [0.15, 0.2) is 48.4 Å². The van der Waals surface area contributed by atoms with Crippen molar-refractivity contribution >= 4 is 22.1 Å². The van der Waals surface area contributed by atoms with Crippen LogP contribution in [0.2, 0.25) is 0 Å². The van der Waals surface area contributed by atoms with Gasteiger partial charge in [-0.3, -0.25) is 4.79 Å². The minimum Gasteiger partial charge on any atom is -0.480 e. The molecule has 0 saturated heterocycles. The maximum absolute atomic E-state index is 11.7. The third-order valence-electron chi connectivity index (χ3n) is 2.25. The van der Waals surface area contributed by atoms with Crippen LogP contribution in [0.4, 0.5) is 0 Å². The minimum absolute atomic E-state index is 0.0216. The molecule has 0 fully saturated rings. The van der Waals surface area contributed by atoms with Gasteiger partial charge in [0.2, 0.25) is 10.0 Å². The fourth-order valence-corrected chi connectivity index (χ4v) is 2.34. The van der Waals surface area contributed by atoms with Crippen LogP contribution in [-0.2, 0) is 14.8 Å². The summed E-state index contributed by atoms with van der Waals surface area (Å²) in [5.41, 5.74) is 0.712. The Morgan fingerprint density at radius 1 is 1.37 bits per heavy atom. The molecule has 0 aliphatic carbocycles. The zero-order valence-electron chi connectivity index (χ0n) is 10.2. The Kier molecular flexibility index (Phi) is 5.47. The molecule has 0 amide bonds. The van der Waals surface area contributed by atoms with E-state index in [0.29, 0.717) is 5.56 Å². The van der Waals surface area contributed by atoms with Gasteiger partial charge in [0.1, 0.15) is 6.04 Å². The average molecular weight is 281 g/mol. The molecule has 0 spiro atoms. The molecule has 0 aliphatic heterocycles. The van der Waals surface area contributed by atoms with Gasteiger partial charge >= 0.3 is 5.97 Å². The van der Waals surface area contributed by atoms with Gasteiger partial charge in [0.15, 0.2) is 0 Å². The molecule has 2 N–H and O–H groups in total. The fourth-order valence-electron chi connectivity index (χ4n) is 1.34. The number of rotatable bonds is 7. The zero-order chi connectivity index (χ0) is 14.3. The maximum Gasteiger partial charge on any atom is 0.322 e. The number of benzene rings is 1. The van der Waals surface area contributed by atoms with Crippen molar-refractivity contribution < 1.29 is 18.3 Å². The van der Waals surface area contributed by atoms with E-state index in [-0.39, 0.29) is 6.42 Å². The van der Waals surface area contributed by atoms with Crippen LogP contribution in [0.3, 0.4) is 0 Å². The standard InChI is InChI=1S/C13H15NO4S/c1-2-6-12(13(15)16)14-19(17,18)10-9-11-7-4-3-5-8-11/h2-5,7-10,12,14H,1,6H2,(H,15,16)/b10-9+. The highest BCUT2D eigenvalue weighted by Gasteiger charge is 2.20. The van der Waals surface area contributed by atoms with Gasteiger partial charge in [-0.25, -0.2) is 8.42 Å². The zero-order valence-corrected chi connectivity index (χ0v) is 11.0. The normalized spacial score (nSPS) is 13.3. The van der Waals surface area contributed by atoms with Gasteiger partial charge < -0.3 is 5.11 Å². The lowest BCUT2D eigenvalue weighted by molar-refractivity contribution is -0.138. The highest BCUT2D eigenvalue weighted by atomic mass is 32.2. The summed E-state index contributed by atoms with van der Waals surface area (Å²) in [5.74, 6) is -1.24. The van der Waals surface area contributed by atoms with Crippen LogP contribution in [-0.4, -0.2) is 25.5 Å². The van der Waals surface area contributed by atoms with Crippen LogP contribution in [0.25, 0.3) is 6.08 Å². The Hall–Kier alpha value is -1.92. The highest BCUT2D eigenvalue weighted by Crippen LogP contribution is 2.04. The highest BCUT2D eigenvalue weighted by molar-refractivity contribution is 7.92. The third-order valence-corrected chi connectivity index (χ3v) is 3.35. The molecular weight excluding hydrogens is 266 g/mol. The predicted molar refractivity (Wildman–Crippen MR) is 73.8 cm³/mol. The number of carbonyl (C=O) groups is 1. The van der Waals surface area contributed by atoms with Gasteiger partial charge in [0.25, 0.3) is 0 Å². The molecule has 1 rings (SSSR count). The summed E-state index contributed by atoms with van der Waals surface area (Å²) in [6.45, 7) is 3.39. The number of hydrogen-bond donors (Lipinski definition) is 2. The van der Waals surface area contributed by atoms with E-state index < -0.39 is 22.0 Å². The molecule has 0 heterocycles. The second kappa shape index (κ2) is 6.86. The lowest BCUT2D eigenvalue weighted by atomic mass is 10.2. The van der Waals surface area contributed by atoms with E-state index in [4.69, 9.17) is 5.11 Å². The lowest BCUT2D eigenvalue weighted by Crippen LogP contribution is -2.39. The second-order valence-electron chi connectivity index (χ2n) is 3.79. The molecule has 0 aromatic heterocycles. The molecule has 19 heavy (non-hydrogen) atoms. The van der Waals surface area contributed by atoms with E-state index in [1.54, 1.807) is 24.3 Å². The third kappa shape index (κ3) is 5.50. The molecule has 1 aromatic carbocycles. The Morgan fingerprint density at radius 3 is 2.53 bits per heavy atom. The van der Waals surface area contributed by atoms with Crippen molar-refractivity contribution in [1.29, 1.82) is 0 Å². The molecule has 5 nitrogen and oxygen atoms in total. The minimum atomic E-state index is -3.81. The molecular formula is C13H15NO4S. The molecule has 102 valence electrons. The molecule has 1 unspecified atom stereocenters. The first-order valence-electron chi connectivity index (χ1n) is 5.54. The Labute approximate surface area is 112 Å². The van der Waals surface area contributed by atoms with Gasteiger partial charge in [-0.05, 0) is 18.1 Å². The van der Waals surface area contributed by atoms with E-state index in [9.17, 15) is 13.2 Å². The van der Waals surface area contributed by atoms with Gasteiger partial charge in [-0.15, -0.1) is 6.58 Å². The number of hydrogen-bond acceptors (Lipinski definition) is 3. The number of carboxylic acid groups (broad SMARTS) is 1. The van der Waals surface area contributed by atoms with E-state index in [2.05, 4.69) is 11.3 Å². The summed E-state index contributed by atoms with van der Waals surface area (Å²) in [7, 11) is -3.81. The molecule has 0 saturated carbocycles. The molecule has 0 aliphatic rings. The van der Waals surface area contributed by atoms with Crippen LogP contribution in [0.5, 0.6) is 0 Å². The topological polar surface area (TPSA) is 83.5 Å². The van der Waals surface area contributed by atoms with E-state index in [0.717, 1.165) is 5.41 Å². The first-order chi connectivity index (χ1) is 8.94. The largest absolute Gasteiger partial charge is 0.480 e. The number of aliphatic carboxylic acids is 1. The van der Waals surface area contributed by atoms with Gasteiger partial charge in [0.05, 0.1) is 0 Å². The molecule has 1 atom stereocenters. The van der Waals surface area contributed by atoms with Crippen molar-refractivity contribution in [2.45, 2.75) is 12.5 Å². The Morgan fingerprint density at radius 2 is 2.00 bits per heavy atom. The summed E-state index contributed by atoms with van der Waals surface area (Å²) in [5, 5.41) is 9.80. The predicted octanol–water partition coefficient (Wildman–Crippen LogP) is 1.61. The summed E-state index contributed by atoms with van der Waals surface area (Å²) in [4.78, 5) is 10.8. The van der Waals surface area contributed by atoms with Crippen LogP contribution < -0.4 is 4.72 Å². The first kappa shape index (κ1) is 15.1. The monoisotopic (exact) mass is 281 g/mol. The Bertz CT molecular complexity index is 564. The summed E-state index contributed by atoms with van der Waals surface area (Å²) < 4.78 is 25.5. The van der Waals surface area contributed by atoms with E-state index in [1.807, 2.05) is 6.07 Å². The van der Waals surface area contributed by atoms with Crippen molar-refractivity contribution in [3.05, 3.63) is 54.0 Å². The van der Waals surface area contributed by atoms with Crippen molar-refractivity contribution in [3.8, 4) is 0 Å². The van der Waals surface area contributed by atoms with E-state index >= 15 is 0 Å². The summed E-state index contributed by atoms with van der Waals surface area (Å²) in [6.07, 6.45) is 2.77. The van der Waals surface area contributed by atoms with Crippen molar-refractivity contribution in [1.82, 2.24) is 4.72 Å². The van der Waals surface area contributed by atoms with Crippen LogP contribution in [0.1, 0.15) is 12.0 Å². The van der Waals surface area contributed by atoms with Gasteiger partial charge in [-0.1, -0.05) is 36.4 Å². The second-order valence-corrected chi connectivity index (χ2v) is 5.39. The van der Waals surface area contributed by atoms with Crippen molar-refractivity contribution in [2.24, 2.45) is 0 Å². The van der Waals surface area contributed by atoms with E-state index in [1.165, 1.54) is 12.2 Å². The number of sulfonamides is 1. The first-order valence-corrected chi connectivity index (χ1v) is 7.08. The molecule has 0 bridgehead atoms. The van der Waals surface area contributed by atoms with Gasteiger partial charge in [-0.2, -0.15) is 4.72 Å². The number of nitrogens with one attached hydrogen (secondary N) is 1. The average Bonchev–Trinajstić information content (AvgIpc) is 2.37. The van der Waals surface area contributed by atoms with Crippen LogP contribution in [0, 0.1) is 0 Å². The fraction of sp³-hybridized carbons (Fsp3) is 0.154. The number of carboxylic acids is 1. The summed E-state index contributed by atoms with van der Waals surface area (Å²) >= 11 is 0. The SMILES string of the molecule is C=CCC(NS(=O)(=O)/C=C/c1ccccc1)C(=O)O. The quantitative estimate of drug-likeness (QED) is 0.744. The summed E-state index contributed by atoms with van der Waals surface area (Å²) in [6, 6.07) is 7.64. The lowest BCUT2D eigenvalue weighted by Gasteiger charge is -2.10. The smallest absolute Gasteiger partial charge is 0.322 e.